The number of benzene rings is 1. The summed E-state index contributed by atoms with van der Waals surface area (Å²) in [6.07, 6.45) is 2.59. The highest BCUT2D eigenvalue weighted by molar-refractivity contribution is 9.10. The Kier molecular flexibility index (Phi) is 4.82. The van der Waals surface area contributed by atoms with Crippen molar-refractivity contribution in [3.05, 3.63) is 28.2 Å². The average Bonchev–Trinajstić information content (AvgIpc) is 2.22. The molecule has 0 bridgehead atoms. The Morgan fingerprint density at radius 1 is 1.47 bits per heavy atom. The van der Waals surface area contributed by atoms with E-state index in [1.54, 1.807) is 0 Å². The van der Waals surface area contributed by atoms with E-state index in [0.29, 0.717) is 6.42 Å². The van der Waals surface area contributed by atoms with Gasteiger partial charge in [-0.15, -0.1) is 0 Å². The standard InChI is InChI=1S/C12H16BrNO/c1-3-4-8-12(15)14-11-7-5-6-10(13)9(11)2/h5-7H,3-4,8H2,1-2H3,(H,14,15). The topological polar surface area (TPSA) is 29.1 Å². The lowest BCUT2D eigenvalue weighted by molar-refractivity contribution is -0.116. The van der Waals surface area contributed by atoms with E-state index in [9.17, 15) is 4.79 Å². The van der Waals surface area contributed by atoms with E-state index in [-0.39, 0.29) is 5.91 Å². The largest absolute Gasteiger partial charge is 0.326 e. The Morgan fingerprint density at radius 2 is 2.20 bits per heavy atom. The first-order chi connectivity index (χ1) is 7.15. The zero-order chi connectivity index (χ0) is 11.3. The van der Waals surface area contributed by atoms with Gasteiger partial charge in [-0.05, 0) is 31.0 Å². The van der Waals surface area contributed by atoms with Crippen LogP contribution in [0, 0.1) is 6.92 Å². The van der Waals surface area contributed by atoms with Crippen molar-refractivity contribution < 1.29 is 4.79 Å². The molecule has 0 radical (unpaired) electrons. The van der Waals surface area contributed by atoms with E-state index in [2.05, 4.69) is 28.2 Å². The first-order valence-electron chi connectivity index (χ1n) is 5.20. The van der Waals surface area contributed by atoms with Gasteiger partial charge < -0.3 is 5.32 Å². The molecule has 1 rings (SSSR count). The Hall–Kier alpha value is -0.830. The van der Waals surface area contributed by atoms with Gasteiger partial charge in [0.15, 0.2) is 0 Å². The number of carbonyl (C=O) groups excluding carboxylic acids is 1. The predicted molar refractivity (Wildman–Crippen MR) is 67.0 cm³/mol. The van der Waals surface area contributed by atoms with Crippen molar-refractivity contribution in [3.8, 4) is 0 Å². The van der Waals surface area contributed by atoms with Gasteiger partial charge in [0.2, 0.25) is 5.91 Å². The summed E-state index contributed by atoms with van der Waals surface area (Å²) in [7, 11) is 0. The molecular formula is C12H16BrNO. The third-order valence-corrected chi connectivity index (χ3v) is 3.16. The second-order valence-corrected chi connectivity index (χ2v) is 4.42. The van der Waals surface area contributed by atoms with Crippen LogP contribution in [0.2, 0.25) is 0 Å². The number of nitrogens with one attached hydrogen (secondary N) is 1. The van der Waals surface area contributed by atoms with Crippen LogP contribution in [0.4, 0.5) is 5.69 Å². The molecule has 2 nitrogen and oxygen atoms in total. The van der Waals surface area contributed by atoms with E-state index < -0.39 is 0 Å². The van der Waals surface area contributed by atoms with Crippen molar-refractivity contribution in [2.24, 2.45) is 0 Å². The quantitative estimate of drug-likeness (QED) is 0.883. The maximum Gasteiger partial charge on any atom is 0.224 e. The van der Waals surface area contributed by atoms with Crippen molar-refractivity contribution in [2.45, 2.75) is 33.1 Å². The zero-order valence-electron chi connectivity index (χ0n) is 9.14. The molecule has 0 heterocycles. The third-order valence-electron chi connectivity index (χ3n) is 2.30. The number of rotatable bonds is 4. The van der Waals surface area contributed by atoms with Crippen molar-refractivity contribution in [3.63, 3.8) is 0 Å². The summed E-state index contributed by atoms with van der Waals surface area (Å²) in [6, 6.07) is 5.81. The van der Waals surface area contributed by atoms with Crippen LogP contribution in [0.3, 0.4) is 0 Å². The number of carbonyl (C=O) groups is 1. The van der Waals surface area contributed by atoms with Gasteiger partial charge in [0.05, 0.1) is 0 Å². The summed E-state index contributed by atoms with van der Waals surface area (Å²) in [5.74, 6) is 0.0954. The summed E-state index contributed by atoms with van der Waals surface area (Å²) in [6.45, 7) is 4.07. The van der Waals surface area contributed by atoms with Crippen LogP contribution in [0.1, 0.15) is 31.7 Å². The van der Waals surface area contributed by atoms with Crippen LogP contribution in [-0.4, -0.2) is 5.91 Å². The van der Waals surface area contributed by atoms with Gasteiger partial charge in [-0.3, -0.25) is 4.79 Å². The fraction of sp³-hybridized carbons (Fsp3) is 0.417. The van der Waals surface area contributed by atoms with E-state index in [1.807, 2.05) is 25.1 Å². The minimum Gasteiger partial charge on any atom is -0.326 e. The number of hydrogen-bond donors (Lipinski definition) is 1. The molecule has 0 saturated heterocycles. The van der Waals surface area contributed by atoms with Crippen molar-refractivity contribution in [2.75, 3.05) is 5.32 Å². The van der Waals surface area contributed by atoms with Crippen LogP contribution in [0.15, 0.2) is 22.7 Å². The molecule has 1 aromatic rings. The fourth-order valence-electron chi connectivity index (χ4n) is 1.29. The van der Waals surface area contributed by atoms with Crippen LogP contribution in [0.5, 0.6) is 0 Å². The molecule has 0 aromatic heterocycles. The number of unbranched alkanes of at least 4 members (excludes halogenated alkanes) is 1. The number of amides is 1. The summed E-state index contributed by atoms with van der Waals surface area (Å²) < 4.78 is 1.02. The fourth-order valence-corrected chi connectivity index (χ4v) is 1.66. The molecule has 1 aromatic carbocycles. The van der Waals surface area contributed by atoms with Crippen molar-refractivity contribution in [1.29, 1.82) is 0 Å². The lowest BCUT2D eigenvalue weighted by atomic mass is 10.2. The molecule has 0 spiro atoms. The number of anilines is 1. The van der Waals surface area contributed by atoms with Gasteiger partial charge in [-0.1, -0.05) is 35.3 Å². The first-order valence-corrected chi connectivity index (χ1v) is 5.99. The molecule has 1 amide bonds. The van der Waals surface area contributed by atoms with Gasteiger partial charge in [0.1, 0.15) is 0 Å². The Balaban J connectivity index is 2.64. The first kappa shape index (κ1) is 12.2. The zero-order valence-corrected chi connectivity index (χ0v) is 10.7. The molecule has 0 saturated carbocycles. The smallest absolute Gasteiger partial charge is 0.224 e. The maximum atomic E-state index is 11.5. The lowest BCUT2D eigenvalue weighted by Crippen LogP contribution is -2.11. The minimum atomic E-state index is 0.0954. The third kappa shape index (κ3) is 3.67. The summed E-state index contributed by atoms with van der Waals surface area (Å²) >= 11 is 3.44. The minimum absolute atomic E-state index is 0.0954. The molecule has 0 unspecified atom stereocenters. The van der Waals surface area contributed by atoms with Gasteiger partial charge >= 0.3 is 0 Å². The molecule has 1 N–H and O–H groups in total. The average molecular weight is 270 g/mol. The van der Waals surface area contributed by atoms with Gasteiger partial charge in [0.25, 0.3) is 0 Å². The van der Waals surface area contributed by atoms with Gasteiger partial charge in [-0.2, -0.15) is 0 Å². The van der Waals surface area contributed by atoms with E-state index >= 15 is 0 Å². The highest BCUT2D eigenvalue weighted by atomic mass is 79.9. The van der Waals surface area contributed by atoms with Crippen LogP contribution >= 0.6 is 15.9 Å². The van der Waals surface area contributed by atoms with Crippen LogP contribution in [0.25, 0.3) is 0 Å². The van der Waals surface area contributed by atoms with Crippen LogP contribution < -0.4 is 5.32 Å². The highest BCUT2D eigenvalue weighted by Gasteiger charge is 2.05. The lowest BCUT2D eigenvalue weighted by Gasteiger charge is -2.09. The van der Waals surface area contributed by atoms with E-state index in [0.717, 1.165) is 28.6 Å². The second kappa shape index (κ2) is 5.91. The molecule has 0 aliphatic heterocycles. The SMILES string of the molecule is CCCCC(=O)Nc1cccc(Br)c1C. The normalized spacial score (nSPS) is 10.1. The Morgan fingerprint density at radius 3 is 2.87 bits per heavy atom. The van der Waals surface area contributed by atoms with E-state index in [1.165, 1.54) is 0 Å². The second-order valence-electron chi connectivity index (χ2n) is 3.56. The molecule has 0 fully saturated rings. The molecule has 15 heavy (non-hydrogen) atoms. The van der Waals surface area contributed by atoms with Gasteiger partial charge in [-0.25, -0.2) is 0 Å². The predicted octanol–water partition coefficient (Wildman–Crippen LogP) is 3.89. The Labute approximate surface area is 99.2 Å². The highest BCUT2D eigenvalue weighted by Crippen LogP contribution is 2.23. The van der Waals surface area contributed by atoms with Gasteiger partial charge in [0, 0.05) is 16.6 Å². The number of halogens is 1. The summed E-state index contributed by atoms with van der Waals surface area (Å²) in [4.78, 5) is 11.5. The summed E-state index contributed by atoms with van der Waals surface area (Å²) in [5, 5.41) is 2.92. The molecule has 0 aliphatic rings. The number of hydrogen-bond acceptors (Lipinski definition) is 1. The maximum absolute atomic E-state index is 11.5. The molecule has 0 atom stereocenters. The molecular weight excluding hydrogens is 254 g/mol. The monoisotopic (exact) mass is 269 g/mol. The molecule has 82 valence electrons. The Bertz CT molecular complexity index is 349. The van der Waals surface area contributed by atoms with Crippen LogP contribution in [-0.2, 0) is 4.79 Å². The molecule has 0 aliphatic carbocycles. The van der Waals surface area contributed by atoms with Crippen molar-refractivity contribution in [1.82, 2.24) is 0 Å². The summed E-state index contributed by atoms with van der Waals surface area (Å²) in [5.41, 5.74) is 1.97. The van der Waals surface area contributed by atoms with Crippen molar-refractivity contribution >= 4 is 27.5 Å². The molecule has 3 heteroatoms. The van der Waals surface area contributed by atoms with E-state index in [4.69, 9.17) is 0 Å².